The third-order valence-electron chi connectivity index (χ3n) is 14.1. The van der Waals surface area contributed by atoms with Gasteiger partial charge in [-0.05, 0) is 128 Å². The molecule has 0 rings (SSSR count). The van der Waals surface area contributed by atoms with Gasteiger partial charge >= 0.3 is 17.9 Å². The first-order valence-electron chi connectivity index (χ1n) is 33.8. The summed E-state index contributed by atoms with van der Waals surface area (Å²) >= 11 is 0. The zero-order valence-corrected chi connectivity index (χ0v) is 53.2. The molecule has 0 aliphatic heterocycles. The van der Waals surface area contributed by atoms with Crippen LogP contribution in [-0.2, 0) is 28.6 Å². The molecule has 0 heterocycles. The number of unbranched alkanes of at least 4 members (excludes halogenated alkanes) is 25. The van der Waals surface area contributed by atoms with Gasteiger partial charge in [-0.1, -0.05) is 295 Å². The number of allylic oxidation sites excluding steroid dienone is 24. The largest absolute Gasteiger partial charge is 0.462 e. The summed E-state index contributed by atoms with van der Waals surface area (Å²) in [5.74, 6) is -0.997. The number of carbonyl (C=O) groups excluding carboxylic acids is 3. The maximum absolute atomic E-state index is 12.9. The van der Waals surface area contributed by atoms with Crippen molar-refractivity contribution in [1.29, 1.82) is 0 Å². The van der Waals surface area contributed by atoms with Gasteiger partial charge in [0.15, 0.2) is 6.10 Å². The van der Waals surface area contributed by atoms with Crippen LogP contribution >= 0.6 is 0 Å². The molecule has 82 heavy (non-hydrogen) atoms. The third kappa shape index (κ3) is 66.1. The van der Waals surface area contributed by atoms with Gasteiger partial charge in [-0.15, -0.1) is 0 Å². The number of hydrogen-bond donors (Lipinski definition) is 0. The van der Waals surface area contributed by atoms with Gasteiger partial charge in [-0.25, -0.2) is 0 Å². The summed E-state index contributed by atoms with van der Waals surface area (Å²) in [5, 5.41) is 0. The predicted molar refractivity (Wildman–Crippen MR) is 357 cm³/mol. The smallest absolute Gasteiger partial charge is 0.306 e. The van der Waals surface area contributed by atoms with E-state index in [1.807, 2.05) is 6.08 Å². The Kier molecular flexibility index (Phi) is 64.8. The molecule has 0 saturated heterocycles. The van der Waals surface area contributed by atoms with Crippen molar-refractivity contribution in [2.45, 2.75) is 303 Å². The molecular weight excluding hydrogens is 1010 g/mol. The molecule has 0 aromatic carbocycles. The maximum Gasteiger partial charge on any atom is 0.306 e. The minimum absolute atomic E-state index is 0.106. The number of hydrogen-bond acceptors (Lipinski definition) is 6. The SMILES string of the molecule is CC/C=C\C/C=C\C/C=C\C/C=C\C/C=C\C/C=C\CCCCCCCCCCCCCCCCC(=O)OCC(COC(=O)CC/C=C\C/C=C\C/C=C\C/C=C\CC)OC(=O)CCCCCCCCC/C=C\C/C=C\CCCCCC. The average molecular weight is 1130 g/mol. The molecule has 1 atom stereocenters. The summed E-state index contributed by atoms with van der Waals surface area (Å²) in [6.07, 6.45) is 98.9. The minimum atomic E-state index is -0.817. The van der Waals surface area contributed by atoms with Crippen LogP contribution in [0, 0.1) is 0 Å². The average Bonchev–Trinajstić information content (AvgIpc) is 3.47. The molecular formula is C76H124O6. The number of esters is 3. The Balaban J connectivity index is 4.27. The summed E-state index contributed by atoms with van der Waals surface area (Å²) < 4.78 is 16.9. The third-order valence-corrected chi connectivity index (χ3v) is 14.1. The van der Waals surface area contributed by atoms with Crippen molar-refractivity contribution in [3.63, 3.8) is 0 Å². The first kappa shape index (κ1) is 77.3. The van der Waals surface area contributed by atoms with Gasteiger partial charge in [0.2, 0.25) is 0 Å². The molecule has 0 amide bonds. The Morgan fingerprint density at radius 1 is 0.256 bits per heavy atom. The highest BCUT2D eigenvalue weighted by Gasteiger charge is 2.19. The molecule has 0 saturated carbocycles. The topological polar surface area (TPSA) is 78.9 Å². The van der Waals surface area contributed by atoms with E-state index < -0.39 is 6.10 Å². The van der Waals surface area contributed by atoms with Gasteiger partial charge in [-0.2, -0.15) is 0 Å². The lowest BCUT2D eigenvalue weighted by molar-refractivity contribution is -0.166. The van der Waals surface area contributed by atoms with Crippen molar-refractivity contribution >= 4 is 17.9 Å². The van der Waals surface area contributed by atoms with Gasteiger partial charge in [0.1, 0.15) is 13.2 Å². The molecule has 0 radical (unpaired) electrons. The first-order valence-corrected chi connectivity index (χ1v) is 33.8. The zero-order chi connectivity index (χ0) is 59.2. The number of ether oxygens (including phenoxy) is 3. The summed E-state index contributed by atoms with van der Waals surface area (Å²) in [6, 6.07) is 0. The Bertz CT molecular complexity index is 1780. The van der Waals surface area contributed by atoms with Crippen molar-refractivity contribution in [2.24, 2.45) is 0 Å². The Labute approximate surface area is 506 Å². The van der Waals surface area contributed by atoms with Crippen molar-refractivity contribution in [2.75, 3.05) is 13.2 Å². The second-order valence-corrected chi connectivity index (χ2v) is 22.0. The molecule has 0 aliphatic rings. The lowest BCUT2D eigenvalue weighted by atomic mass is 10.0. The van der Waals surface area contributed by atoms with E-state index in [0.29, 0.717) is 19.3 Å². The number of rotatable bonds is 60. The van der Waals surface area contributed by atoms with Crippen molar-refractivity contribution < 1.29 is 28.6 Å². The van der Waals surface area contributed by atoms with Gasteiger partial charge in [0, 0.05) is 19.3 Å². The maximum atomic E-state index is 12.9. The minimum Gasteiger partial charge on any atom is -0.462 e. The highest BCUT2D eigenvalue weighted by atomic mass is 16.6. The van der Waals surface area contributed by atoms with E-state index in [0.717, 1.165) is 116 Å². The highest BCUT2D eigenvalue weighted by molar-refractivity contribution is 5.71. The van der Waals surface area contributed by atoms with Crippen molar-refractivity contribution in [1.82, 2.24) is 0 Å². The second-order valence-electron chi connectivity index (χ2n) is 22.0. The van der Waals surface area contributed by atoms with E-state index in [-0.39, 0.29) is 37.5 Å². The molecule has 464 valence electrons. The van der Waals surface area contributed by atoms with Crippen molar-refractivity contribution in [3.8, 4) is 0 Å². The molecule has 0 spiro atoms. The van der Waals surface area contributed by atoms with Crippen LogP contribution < -0.4 is 0 Å². The van der Waals surface area contributed by atoms with E-state index >= 15 is 0 Å². The monoisotopic (exact) mass is 1130 g/mol. The van der Waals surface area contributed by atoms with Crippen LogP contribution in [0.3, 0.4) is 0 Å². The van der Waals surface area contributed by atoms with Gasteiger partial charge in [0.05, 0.1) is 0 Å². The van der Waals surface area contributed by atoms with Crippen LogP contribution in [-0.4, -0.2) is 37.2 Å². The van der Waals surface area contributed by atoms with Crippen LogP contribution in [0.2, 0.25) is 0 Å². The first-order chi connectivity index (χ1) is 40.5. The molecule has 0 aromatic heterocycles. The molecule has 1 unspecified atom stereocenters. The Hall–Kier alpha value is -4.71. The van der Waals surface area contributed by atoms with Gasteiger partial charge in [-0.3, -0.25) is 14.4 Å². The van der Waals surface area contributed by atoms with Crippen LogP contribution in [0.15, 0.2) is 146 Å². The molecule has 0 bridgehead atoms. The summed E-state index contributed by atoms with van der Waals surface area (Å²) in [5.41, 5.74) is 0. The lowest BCUT2D eigenvalue weighted by Crippen LogP contribution is -2.30. The van der Waals surface area contributed by atoms with Crippen LogP contribution in [0.25, 0.3) is 0 Å². The standard InChI is InChI=1S/C76H124O6/c1-4-7-10-13-16-19-22-25-27-29-31-32-33-34-35-36-37-38-39-40-41-42-43-44-45-47-48-51-54-57-60-63-66-69-75(78)81-72-73(71-80-74(77)68-65-62-59-56-53-50-24-21-18-15-12-9-6-3)82-76(79)70-67-64-61-58-55-52-49-46-30-28-26-23-20-17-14-11-8-5-2/h7,9-10,12,16,18-21,23,25,27-28,30-32,34-35,37-38,50,53,59,62,73H,4-6,8,11,13-15,17,22,24,26,29,33,36,39-49,51-52,54-58,60-61,63-72H2,1-3H3/b10-7-,12-9-,19-16-,21-18-,23-20-,27-25-,30-28-,32-31-,35-34-,38-37-,53-50-,62-59-. The summed E-state index contributed by atoms with van der Waals surface area (Å²) in [7, 11) is 0. The quantitative estimate of drug-likeness (QED) is 0.0261. The lowest BCUT2D eigenvalue weighted by Gasteiger charge is -2.18. The fraction of sp³-hybridized carbons (Fsp3) is 0.645. The van der Waals surface area contributed by atoms with E-state index in [2.05, 4.69) is 161 Å². The fourth-order valence-corrected chi connectivity index (χ4v) is 9.08. The predicted octanol–water partition coefficient (Wildman–Crippen LogP) is 23.5. The van der Waals surface area contributed by atoms with E-state index in [1.165, 1.54) is 135 Å². The second kappa shape index (κ2) is 68.8. The molecule has 6 nitrogen and oxygen atoms in total. The van der Waals surface area contributed by atoms with Crippen LogP contribution in [0.4, 0.5) is 0 Å². The van der Waals surface area contributed by atoms with E-state index in [4.69, 9.17) is 14.2 Å². The van der Waals surface area contributed by atoms with Crippen LogP contribution in [0.5, 0.6) is 0 Å². The summed E-state index contributed by atoms with van der Waals surface area (Å²) in [4.78, 5) is 38.3. The fourth-order valence-electron chi connectivity index (χ4n) is 9.08. The zero-order valence-electron chi connectivity index (χ0n) is 53.2. The Morgan fingerprint density at radius 2 is 0.500 bits per heavy atom. The summed E-state index contributed by atoms with van der Waals surface area (Å²) in [6.45, 7) is 6.33. The van der Waals surface area contributed by atoms with Crippen LogP contribution in [0.1, 0.15) is 297 Å². The van der Waals surface area contributed by atoms with Gasteiger partial charge < -0.3 is 14.2 Å². The molecule has 0 N–H and O–H groups in total. The van der Waals surface area contributed by atoms with Crippen molar-refractivity contribution in [3.05, 3.63) is 146 Å². The molecule has 0 aliphatic carbocycles. The highest BCUT2D eigenvalue weighted by Crippen LogP contribution is 2.16. The Morgan fingerprint density at radius 3 is 0.817 bits per heavy atom. The van der Waals surface area contributed by atoms with E-state index in [1.54, 1.807) is 0 Å². The normalized spacial score (nSPS) is 13.1. The van der Waals surface area contributed by atoms with E-state index in [9.17, 15) is 14.4 Å². The molecule has 0 fully saturated rings. The number of carbonyl (C=O) groups is 3. The molecule has 0 aromatic rings. The molecule has 6 heteroatoms. The van der Waals surface area contributed by atoms with Gasteiger partial charge in [0.25, 0.3) is 0 Å².